The van der Waals surface area contributed by atoms with E-state index in [4.69, 9.17) is 0 Å². The van der Waals surface area contributed by atoms with E-state index in [1.807, 2.05) is 18.8 Å². The van der Waals surface area contributed by atoms with Crippen molar-refractivity contribution in [3.8, 4) is 0 Å². The van der Waals surface area contributed by atoms with Gasteiger partial charge in [0.2, 0.25) is 0 Å². The van der Waals surface area contributed by atoms with E-state index in [1.165, 1.54) is 27.6 Å². The van der Waals surface area contributed by atoms with Crippen LogP contribution in [-0.2, 0) is 13.0 Å². The minimum Gasteiger partial charge on any atom is -0.370 e. The highest BCUT2D eigenvalue weighted by Gasteiger charge is 2.10. The van der Waals surface area contributed by atoms with Crippen molar-refractivity contribution >= 4 is 58.7 Å². The molecule has 0 bridgehead atoms. The minimum absolute atomic E-state index is 0. The van der Waals surface area contributed by atoms with Gasteiger partial charge in [0.1, 0.15) is 0 Å². The Balaban J connectivity index is 0.00000243. The number of aliphatic imine (C=N–C) groups is 1. The van der Waals surface area contributed by atoms with Crippen molar-refractivity contribution in [3.63, 3.8) is 0 Å². The van der Waals surface area contributed by atoms with Crippen molar-refractivity contribution < 1.29 is 0 Å². The maximum atomic E-state index is 4.30. The van der Waals surface area contributed by atoms with Gasteiger partial charge in [-0.05, 0) is 35.6 Å². The molecule has 1 aliphatic rings. The highest BCUT2D eigenvalue weighted by atomic mass is 127. The predicted molar refractivity (Wildman–Crippen MR) is 128 cm³/mol. The van der Waals surface area contributed by atoms with Gasteiger partial charge in [-0.1, -0.05) is 18.2 Å². The predicted octanol–water partition coefficient (Wildman–Crippen LogP) is 3.83. The van der Waals surface area contributed by atoms with Gasteiger partial charge in [0.15, 0.2) is 5.96 Å². The first-order valence-electron chi connectivity index (χ1n) is 8.73. The fourth-order valence-corrected chi connectivity index (χ4v) is 4.42. The first kappa shape index (κ1) is 21.4. The van der Waals surface area contributed by atoms with E-state index in [-0.39, 0.29) is 24.0 Å². The van der Waals surface area contributed by atoms with Crippen molar-refractivity contribution in [2.24, 2.45) is 4.99 Å². The summed E-state index contributed by atoms with van der Waals surface area (Å²) < 4.78 is 0. The summed E-state index contributed by atoms with van der Waals surface area (Å²) in [4.78, 5) is 8.17. The lowest BCUT2D eigenvalue weighted by Gasteiger charge is -2.28. The Bertz CT molecular complexity index is 653. The molecule has 1 aromatic heterocycles. The molecule has 2 N–H and O–H groups in total. The number of rotatable bonds is 6. The molecule has 0 amide bonds. The molecule has 0 atom stereocenters. The summed E-state index contributed by atoms with van der Waals surface area (Å²) in [6.45, 7) is 3.99. The van der Waals surface area contributed by atoms with Crippen LogP contribution in [0.1, 0.15) is 10.4 Å². The lowest BCUT2D eigenvalue weighted by Crippen LogP contribution is -2.37. The highest BCUT2D eigenvalue weighted by Crippen LogP contribution is 2.19. The zero-order valence-electron chi connectivity index (χ0n) is 15.1. The average molecular weight is 502 g/mol. The third-order valence-electron chi connectivity index (χ3n) is 4.24. The monoisotopic (exact) mass is 502 g/mol. The summed E-state index contributed by atoms with van der Waals surface area (Å²) in [5.74, 6) is 3.32. The molecule has 2 aromatic rings. The number of nitrogens with zero attached hydrogens (tertiary/aromatic N) is 2. The second-order valence-electron chi connectivity index (χ2n) is 5.95. The third-order valence-corrected chi connectivity index (χ3v) is 6.12. The van der Waals surface area contributed by atoms with Crippen LogP contribution >= 0.6 is 47.1 Å². The van der Waals surface area contributed by atoms with Gasteiger partial charge in [0.05, 0.1) is 0 Å². The van der Waals surface area contributed by atoms with Crippen LogP contribution in [0.5, 0.6) is 0 Å². The fourth-order valence-electron chi connectivity index (χ4n) is 2.81. The SMILES string of the molecule is CN=C(NCCc1cccs1)NCc1ccc(N2CCSCC2)cc1.I. The molecule has 0 unspecified atom stereocenters. The smallest absolute Gasteiger partial charge is 0.191 e. The summed E-state index contributed by atoms with van der Waals surface area (Å²) >= 11 is 3.84. The Kier molecular flexibility index (Phi) is 9.63. The fraction of sp³-hybridized carbons (Fsp3) is 0.421. The van der Waals surface area contributed by atoms with E-state index in [2.05, 4.69) is 62.3 Å². The van der Waals surface area contributed by atoms with Crippen LogP contribution < -0.4 is 15.5 Å². The quantitative estimate of drug-likeness (QED) is 0.358. The van der Waals surface area contributed by atoms with Crippen LogP contribution in [0, 0.1) is 0 Å². The van der Waals surface area contributed by atoms with Gasteiger partial charge >= 0.3 is 0 Å². The molecule has 3 rings (SSSR count). The van der Waals surface area contributed by atoms with Crippen LogP contribution in [0.4, 0.5) is 5.69 Å². The summed E-state index contributed by atoms with van der Waals surface area (Å²) in [5, 5.41) is 8.89. The minimum atomic E-state index is 0. The first-order chi connectivity index (χ1) is 12.3. The largest absolute Gasteiger partial charge is 0.370 e. The Morgan fingerprint density at radius 3 is 2.54 bits per heavy atom. The second-order valence-corrected chi connectivity index (χ2v) is 8.20. The molecule has 1 fully saturated rings. The number of nitrogens with one attached hydrogen (secondary N) is 2. The standard InChI is InChI=1S/C19H26N4S2.HI/c1-20-19(21-9-8-18-3-2-12-25-18)22-15-16-4-6-17(7-5-16)23-10-13-24-14-11-23;/h2-7,12H,8-11,13-15H2,1H3,(H2,20,21,22);1H. The summed E-state index contributed by atoms with van der Waals surface area (Å²) in [6.07, 6.45) is 1.03. The van der Waals surface area contributed by atoms with Crippen molar-refractivity contribution in [2.75, 3.05) is 43.1 Å². The van der Waals surface area contributed by atoms with E-state index in [1.54, 1.807) is 11.3 Å². The summed E-state index contributed by atoms with van der Waals surface area (Å²) in [5.41, 5.74) is 2.61. The van der Waals surface area contributed by atoms with Gasteiger partial charge in [-0.15, -0.1) is 35.3 Å². The Hall–Kier alpha value is -0.930. The van der Waals surface area contributed by atoms with E-state index in [0.717, 1.165) is 38.6 Å². The lowest BCUT2D eigenvalue weighted by molar-refractivity contribution is 0.798. The zero-order chi connectivity index (χ0) is 17.3. The summed E-state index contributed by atoms with van der Waals surface area (Å²) in [6, 6.07) is 13.2. The van der Waals surface area contributed by atoms with Crippen LogP contribution in [-0.4, -0.2) is 44.1 Å². The molecule has 1 aliphatic heterocycles. The van der Waals surface area contributed by atoms with Crippen LogP contribution in [0.25, 0.3) is 0 Å². The number of halogens is 1. The molecule has 142 valence electrons. The van der Waals surface area contributed by atoms with Gasteiger partial charge in [-0.25, -0.2) is 0 Å². The number of hydrogen-bond donors (Lipinski definition) is 2. The molecular weight excluding hydrogens is 475 g/mol. The molecule has 2 heterocycles. The third kappa shape index (κ3) is 6.66. The van der Waals surface area contributed by atoms with Gasteiger partial charge in [0, 0.05) is 55.3 Å². The molecule has 26 heavy (non-hydrogen) atoms. The average Bonchev–Trinajstić information content (AvgIpc) is 3.19. The molecule has 0 saturated carbocycles. The van der Waals surface area contributed by atoms with Crippen LogP contribution in [0.3, 0.4) is 0 Å². The molecular formula is C19H27IN4S2. The maximum absolute atomic E-state index is 4.30. The topological polar surface area (TPSA) is 39.7 Å². The Morgan fingerprint density at radius 1 is 1.12 bits per heavy atom. The Morgan fingerprint density at radius 2 is 1.88 bits per heavy atom. The van der Waals surface area contributed by atoms with Crippen molar-refractivity contribution in [3.05, 3.63) is 52.2 Å². The first-order valence-corrected chi connectivity index (χ1v) is 10.8. The van der Waals surface area contributed by atoms with Crippen molar-refractivity contribution in [2.45, 2.75) is 13.0 Å². The van der Waals surface area contributed by atoms with Crippen LogP contribution in [0.2, 0.25) is 0 Å². The molecule has 0 aliphatic carbocycles. The second kappa shape index (κ2) is 11.7. The molecule has 1 saturated heterocycles. The molecule has 0 radical (unpaired) electrons. The van der Waals surface area contributed by atoms with E-state index in [0.29, 0.717) is 0 Å². The molecule has 7 heteroatoms. The molecule has 4 nitrogen and oxygen atoms in total. The van der Waals surface area contributed by atoms with E-state index < -0.39 is 0 Å². The number of hydrogen-bond acceptors (Lipinski definition) is 4. The number of thiophene rings is 1. The van der Waals surface area contributed by atoms with Crippen LogP contribution in [0.15, 0.2) is 46.8 Å². The van der Waals surface area contributed by atoms with Crippen molar-refractivity contribution in [1.82, 2.24) is 10.6 Å². The maximum Gasteiger partial charge on any atom is 0.191 e. The lowest BCUT2D eigenvalue weighted by atomic mass is 10.2. The Labute approximate surface area is 181 Å². The molecule has 0 spiro atoms. The van der Waals surface area contributed by atoms with Gasteiger partial charge < -0.3 is 15.5 Å². The van der Waals surface area contributed by atoms with Gasteiger partial charge in [-0.3, -0.25) is 4.99 Å². The van der Waals surface area contributed by atoms with Crippen molar-refractivity contribution in [1.29, 1.82) is 0 Å². The van der Waals surface area contributed by atoms with Gasteiger partial charge in [-0.2, -0.15) is 11.8 Å². The zero-order valence-corrected chi connectivity index (χ0v) is 19.1. The normalized spacial score (nSPS) is 14.7. The summed E-state index contributed by atoms with van der Waals surface area (Å²) in [7, 11) is 1.82. The number of anilines is 1. The van der Waals surface area contributed by atoms with E-state index in [9.17, 15) is 0 Å². The van der Waals surface area contributed by atoms with E-state index >= 15 is 0 Å². The molecule has 1 aromatic carbocycles. The number of thioether (sulfide) groups is 1. The number of benzene rings is 1. The highest BCUT2D eigenvalue weighted by molar-refractivity contribution is 14.0. The number of guanidine groups is 1. The van der Waals surface area contributed by atoms with Gasteiger partial charge in [0.25, 0.3) is 0 Å².